The van der Waals surface area contributed by atoms with Crippen molar-refractivity contribution in [3.8, 4) is 0 Å². The number of hydrogen-bond donors (Lipinski definition) is 0. The van der Waals surface area contributed by atoms with E-state index in [1.807, 2.05) is 6.92 Å². The molecule has 0 saturated heterocycles. The van der Waals surface area contributed by atoms with E-state index in [1.165, 1.54) is 0 Å². The zero-order chi connectivity index (χ0) is 11.6. The Bertz CT molecular complexity index is 265. The van der Waals surface area contributed by atoms with Crippen molar-refractivity contribution in [3.63, 3.8) is 0 Å². The largest absolute Gasteiger partial charge is 0.300 e. The van der Waals surface area contributed by atoms with E-state index in [0.29, 0.717) is 30.3 Å². The molecule has 0 aromatic rings. The Balaban J connectivity index is 2.84. The lowest BCUT2D eigenvalue weighted by atomic mass is 9.72. The van der Waals surface area contributed by atoms with E-state index < -0.39 is 10.8 Å². The molecule has 0 N–H and O–H groups in total. The van der Waals surface area contributed by atoms with E-state index in [-0.39, 0.29) is 10.7 Å². The molecule has 3 atom stereocenters. The van der Waals surface area contributed by atoms with Gasteiger partial charge < -0.3 is 0 Å². The van der Waals surface area contributed by atoms with Crippen LogP contribution in [0.5, 0.6) is 0 Å². The van der Waals surface area contributed by atoms with Gasteiger partial charge in [-0.2, -0.15) is 0 Å². The van der Waals surface area contributed by atoms with Crippen molar-refractivity contribution in [3.05, 3.63) is 0 Å². The standard InChI is InChI=1S/C12H22O2S/c1-5-15(14)11-8-9(13)6-7-10(11)12(2,3)4/h10-11H,5-8H2,1-4H3. The van der Waals surface area contributed by atoms with Crippen molar-refractivity contribution in [2.45, 2.75) is 52.2 Å². The molecule has 15 heavy (non-hydrogen) atoms. The van der Waals surface area contributed by atoms with Crippen molar-refractivity contribution in [2.75, 3.05) is 5.75 Å². The van der Waals surface area contributed by atoms with Gasteiger partial charge in [-0.05, 0) is 17.8 Å². The average molecular weight is 230 g/mol. The molecule has 1 aliphatic rings. The summed E-state index contributed by atoms with van der Waals surface area (Å²) in [4.78, 5) is 11.4. The van der Waals surface area contributed by atoms with Crippen LogP contribution in [0.1, 0.15) is 47.0 Å². The number of carbonyl (C=O) groups excluding carboxylic acids is 1. The average Bonchev–Trinajstić information content (AvgIpc) is 2.14. The molecular formula is C12H22O2S. The fraction of sp³-hybridized carbons (Fsp3) is 0.917. The number of hydrogen-bond acceptors (Lipinski definition) is 2. The Hall–Kier alpha value is -0.180. The first kappa shape index (κ1) is 12.9. The summed E-state index contributed by atoms with van der Waals surface area (Å²) in [6, 6.07) is 0. The topological polar surface area (TPSA) is 34.1 Å². The van der Waals surface area contributed by atoms with Crippen molar-refractivity contribution in [1.29, 1.82) is 0 Å². The predicted octanol–water partition coefficient (Wildman–Crippen LogP) is 2.54. The molecule has 1 fully saturated rings. The van der Waals surface area contributed by atoms with Gasteiger partial charge in [-0.3, -0.25) is 9.00 Å². The summed E-state index contributed by atoms with van der Waals surface area (Å²) in [6.45, 7) is 8.50. The summed E-state index contributed by atoms with van der Waals surface area (Å²) in [6.07, 6.45) is 2.13. The fourth-order valence-corrected chi connectivity index (χ4v) is 4.16. The Morgan fingerprint density at radius 3 is 2.47 bits per heavy atom. The van der Waals surface area contributed by atoms with Gasteiger partial charge in [-0.15, -0.1) is 0 Å². The zero-order valence-electron chi connectivity index (χ0n) is 10.2. The van der Waals surface area contributed by atoms with Crippen molar-refractivity contribution in [2.24, 2.45) is 11.3 Å². The molecule has 0 aromatic carbocycles. The van der Waals surface area contributed by atoms with Crippen LogP contribution in [0.25, 0.3) is 0 Å². The Labute approximate surface area is 95.3 Å². The van der Waals surface area contributed by atoms with Gasteiger partial charge in [0.15, 0.2) is 0 Å². The van der Waals surface area contributed by atoms with Gasteiger partial charge in [-0.25, -0.2) is 0 Å². The molecule has 0 radical (unpaired) electrons. The van der Waals surface area contributed by atoms with E-state index in [1.54, 1.807) is 0 Å². The number of ketones is 1. The first-order valence-corrected chi connectivity index (χ1v) is 7.13. The summed E-state index contributed by atoms with van der Waals surface area (Å²) in [5.41, 5.74) is 0.163. The Kier molecular flexibility index (Phi) is 4.10. The van der Waals surface area contributed by atoms with Crippen molar-refractivity contribution < 1.29 is 9.00 Å². The van der Waals surface area contributed by atoms with Crippen LogP contribution in [0.2, 0.25) is 0 Å². The molecule has 3 unspecified atom stereocenters. The molecule has 1 rings (SSSR count). The van der Waals surface area contributed by atoms with E-state index in [0.717, 1.165) is 6.42 Å². The first-order valence-electron chi connectivity index (χ1n) is 5.75. The maximum Gasteiger partial charge on any atom is 0.134 e. The first-order chi connectivity index (χ1) is 6.86. The molecule has 0 amide bonds. The Morgan fingerprint density at radius 1 is 1.40 bits per heavy atom. The second-order valence-electron chi connectivity index (χ2n) is 5.46. The van der Waals surface area contributed by atoms with E-state index in [4.69, 9.17) is 0 Å². The highest BCUT2D eigenvalue weighted by Gasteiger charge is 2.39. The second kappa shape index (κ2) is 4.77. The molecule has 88 valence electrons. The Morgan fingerprint density at radius 2 is 2.00 bits per heavy atom. The van der Waals surface area contributed by atoms with Gasteiger partial charge in [-0.1, -0.05) is 27.7 Å². The lowest BCUT2D eigenvalue weighted by Crippen LogP contribution is -2.40. The van der Waals surface area contributed by atoms with Gasteiger partial charge in [0, 0.05) is 34.6 Å². The minimum Gasteiger partial charge on any atom is -0.300 e. The zero-order valence-corrected chi connectivity index (χ0v) is 11.0. The van der Waals surface area contributed by atoms with Crippen LogP contribution in [0.3, 0.4) is 0 Å². The number of rotatable bonds is 2. The highest BCUT2D eigenvalue weighted by Crippen LogP contribution is 2.39. The minimum atomic E-state index is -0.832. The van der Waals surface area contributed by atoms with Crippen molar-refractivity contribution >= 4 is 16.6 Å². The number of carbonyl (C=O) groups is 1. The summed E-state index contributed by atoms with van der Waals surface area (Å²) in [5, 5.41) is 0.0937. The van der Waals surface area contributed by atoms with E-state index >= 15 is 0 Å². The molecule has 0 bridgehead atoms. The monoisotopic (exact) mass is 230 g/mol. The van der Waals surface area contributed by atoms with Gasteiger partial charge in [0.05, 0.1) is 0 Å². The summed E-state index contributed by atoms with van der Waals surface area (Å²) < 4.78 is 11.9. The third-order valence-electron chi connectivity index (χ3n) is 3.35. The molecule has 3 heteroatoms. The third-order valence-corrected chi connectivity index (χ3v) is 5.09. The highest BCUT2D eigenvalue weighted by atomic mass is 32.2. The van der Waals surface area contributed by atoms with E-state index in [9.17, 15) is 9.00 Å². The van der Waals surface area contributed by atoms with Crippen LogP contribution < -0.4 is 0 Å². The van der Waals surface area contributed by atoms with Crippen LogP contribution in [0.15, 0.2) is 0 Å². The molecule has 0 aliphatic heterocycles. The number of Topliss-reactive ketones (excluding diaryl/α,β-unsaturated/α-hetero) is 1. The molecule has 0 spiro atoms. The second-order valence-corrected chi connectivity index (χ2v) is 7.41. The lowest BCUT2D eigenvalue weighted by molar-refractivity contribution is -0.121. The smallest absolute Gasteiger partial charge is 0.134 e. The van der Waals surface area contributed by atoms with Gasteiger partial charge in [0.1, 0.15) is 5.78 Å². The highest BCUT2D eigenvalue weighted by molar-refractivity contribution is 7.85. The SMILES string of the molecule is CCS(=O)C1CC(=O)CCC1C(C)(C)C. The van der Waals surface area contributed by atoms with Gasteiger partial charge in [0.25, 0.3) is 0 Å². The van der Waals surface area contributed by atoms with Crippen LogP contribution in [-0.2, 0) is 15.6 Å². The van der Waals surface area contributed by atoms with E-state index in [2.05, 4.69) is 20.8 Å². The molecule has 0 heterocycles. The maximum absolute atomic E-state index is 11.9. The minimum absolute atomic E-state index is 0.0937. The molecule has 2 nitrogen and oxygen atoms in total. The molecular weight excluding hydrogens is 208 g/mol. The van der Waals surface area contributed by atoms with Crippen LogP contribution in [-0.4, -0.2) is 21.0 Å². The van der Waals surface area contributed by atoms with Crippen LogP contribution in [0.4, 0.5) is 0 Å². The van der Waals surface area contributed by atoms with Crippen LogP contribution in [0, 0.1) is 11.3 Å². The summed E-state index contributed by atoms with van der Waals surface area (Å²) >= 11 is 0. The quantitative estimate of drug-likeness (QED) is 0.730. The summed E-state index contributed by atoms with van der Waals surface area (Å²) in [7, 11) is -0.832. The van der Waals surface area contributed by atoms with Crippen LogP contribution >= 0.6 is 0 Å². The fourth-order valence-electron chi connectivity index (χ4n) is 2.45. The molecule has 1 saturated carbocycles. The molecule has 1 aliphatic carbocycles. The van der Waals surface area contributed by atoms with Gasteiger partial charge in [0.2, 0.25) is 0 Å². The van der Waals surface area contributed by atoms with Crippen molar-refractivity contribution in [1.82, 2.24) is 0 Å². The molecule has 0 aromatic heterocycles. The maximum atomic E-state index is 11.9. The lowest BCUT2D eigenvalue weighted by Gasteiger charge is -2.39. The normalized spacial score (nSPS) is 30.3. The summed E-state index contributed by atoms with van der Waals surface area (Å²) in [5.74, 6) is 1.39. The predicted molar refractivity (Wildman–Crippen MR) is 64.3 cm³/mol. The van der Waals surface area contributed by atoms with Gasteiger partial charge >= 0.3 is 0 Å². The third kappa shape index (κ3) is 3.13.